The molecule has 1 atom stereocenters. The van der Waals surface area contributed by atoms with Crippen LogP contribution in [-0.2, 0) is 6.18 Å². The fourth-order valence-electron chi connectivity index (χ4n) is 4.41. The summed E-state index contributed by atoms with van der Waals surface area (Å²) in [6.45, 7) is 1.56. The maximum Gasteiger partial charge on any atom is 0.416 e. The minimum Gasteiger partial charge on any atom is -0.379 e. The second kappa shape index (κ2) is 9.72. The van der Waals surface area contributed by atoms with Crippen molar-refractivity contribution in [2.24, 2.45) is 0 Å². The molecular weight excluding hydrogens is 528 g/mol. The van der Waals surface area contributed by atoms with E-state index < -0.39 is 35.2 Å². The Morgan fingerprint density at radius 2 is 1.61 bits per heavy atom. The first kappa shape index (κ1) is 25.7. The van der Waals surface area contributed by atoms with Crippen molar-refractivity contribution in [3.05, 3.63) is 113 Å². The number of alkyl halides is 3. The van der Waals surface area contributed by atoms with Gasteiger partial charge in [-0.25, -0.2) is 18.2 Å². The molecule has 0 aliphatic carbocycles. The van der Waals surface area contributed by atoms with Crippen LogP contribution in [0.4, 0.5) is 32.0 Å². The predicted octanol–water partition coefficient (Wildman–Crippen LogP) is 8.93. The number of rotatable bonds is 5. The number of nitrogens with one attached hydrogen (secondary N) is 1. The number of anilines is 1. The van der Waals surface area contributed by atoms with Gasteiger partial charge >= 0.3 is 6.18 Å². The Kier molecular flexibility index (Phi) is 6.56. The molecule has 0 aliphatic heterocycles. The molecule has 0 saturated heterocycles. The lowest BCUT2D eigenvalue weighted by Gasteiger charge is -2.22. The summed E-state index contributed by atoms with van der Waals surface area (Å²) in [6, 6.07) is 16.7. The molecule has 194 valence electrons. The van der Waals surface area contributed by atoms with Crippen LogP contribution in [0.15, 0.2) is 78.9 Å². The highest BCUT2D eigenvalue weighted by atomic mass is 35.5. The normalized spacial score (nSPS) is 12.6. The molecule has 0 bridgehead atoms. The molecule has 0 fully saturated rings. The highest BCUT2D eigenvalue weighted by Crippen LogP contribution is 2.39. The molecular formula is C28H18ClF6N3. The lowest BCUT2D eigenvalue weighted by Crippen LogP contribution is -2.15. The summed E-state index contributed by atoms with van der Waals surface area (Å²) in [5, 5.41) is 2.90. The summed E-state index contributed by atoms with van der Waals surface area (Å²) >= 11 is 6.41. The van der Waals surface area contributed by atoms with Gasteiger partial charge in [0.2, 0.25) is 5.28 Å². The number of aromatic nitrogens is 2. The number of hydrogen-bond donors (Lipinski definition) is 1. The van der Waals surface area contributed by atoms with Crippen molar-refractivity contribution in [3.8, 4) is 22.5 Å². The summed E-state index contributed by atoms with van der Waals surface area (Å²) < 4.78 is 85.0. The van der Waals surface area contributed by atoms with E-state index in [-0.39, 0.29) is 22.1 Å². The van der Waals surface area contributed by atoms with Gasteiger partial charge in [-0.2, -0.15) is 13.2 Å². The van der Waals surface area contributed by atoms with Gasteiger partial charge in [0.05, 0.1) is 16.8 Å². The highest BCUT2D eigenvalue weighted by Gasteiger charge is 2.35. The van der Waals surface area contributed by atoms with Gasteiger partial charge in [-0.15, -0.1) is 0 Å². The van der Waals surface area contributed by atoms with Gasteiger partial charge in [0, 0.05) is 17.3 Å². The smallest absolute Gasteiger partial charge is 0.379 e. The van der Waals surface area contributed by atoms with Crippen molar-refractivity contribution >= 4 is 22.8 Å². The van der Waals surface area contributed by atoms with E-state index in [9.17, 15) is 26.3 Å². The van der Waals surface area contributed by atoms with Crippen LogP contribution in [0.5, 0.6) is 0 Å². The predicted molar refractivity (Wildman–Crippen MR) is 134 cm³/mol. The van der Waals surface area contributed by atoms with Crippen molar-refractivity contribution in [2.45, 2.75) is 19.1 Å². The van der Waals surface area contributed by atoms with E-state index in [0.29, 0.717) is 22.5 Å². The number of halogens is 7. The first-order valence-electron chi connectivity index (χ1n) is 11.4. The van der Waals surface area contributed by atoms with Crippen LogP contribution >= 0.6 is 11.6 Å². The van der Waals surface area contributed by atoms with Crippen LogP contribution in [0, 0.1) is 17.5 Å². The molecule has 0 radical (unpaired) electrons. The van der Waals surface area contributed by atoms with Crippen LogP contribution in [0.25, 0.3) is 28.0 Å². The molecule has 0 amide bonds. The van der Waals surface area contributed by atoms with Gasteiger partial charge in [-0.3, -0.25) is 4.40 Å². The van der Waals surface area contributed by atoms with Crippen LogP contribution in [0.3, 0.4) is 0 Å². The zero-order valence-corrected chi connectivity index (χ0v) is 20.4. The molecule has 5 rings (SSSR count). The number of fused-ring (bicyclic) bond motifs is 1. The first-order chi connectivity index (χ1) is 18.0. The van der Waals surface area contributed by atoms with E-state index in [1.165, 1.54) is 52.9 Å². The molecule has 5 aromatic rings. The van der Waals surface area contributed by atoms with Crippen LogP contribution in [-0.4, -0.2) is 9.38 Å². The maximum atomic E-state index is 14.5. The van der Waals surface area contributed by atoms with Gasteiger partial charge in [-0.05, 0) is 90.3 Å². The molecule has 1 unspecified atom stereocenters. The Hall–Kier alpha value is -3.98. The molecule has 0 spiro atoms. The zero-order valence-electron chi connectivity index (χ0n) is 19.6. The zero-order chi connectivity index (χ0) is 27.2. The van der Waals surface area contributed by atoms with E-state index in [0.717, 1.165) is 12.1 Å². The SMILES string of the molecule is CC(Nc1ccc(F)cc1)c1cc(-c2cccc3c(-c4cccc(F)c4F)nc(Cl)n23)ccc1C(F)(F)F. The molecule has 3 aromatic carbocycles. The number of benzene rings is 3. The van der Waals surface area contributed by atoms with Gasteiger partial charge in [0.25, 0.3) is 0 Å². The van der Waals surface area contributed by atoms with Crippen molar-refractivity contribution in [3.63, 3.8) is 0 Å². The van der Waals surface area contributed by atoms with E-state index in [1.807, 2.05) is 0 Å². The van der Waals surface area contributed by atoms with Gasteiger partial charge < -0.3 is 5.32 Å². The molecule has 10 heteroatoms. The molecule has 0 aliphatic rings. The summed E-state index contributed by atoms with van der Waals surface area (Å²) in [4.78, 5) is 4.22. The van der Waals surface area contributed by atoms with Gasteiger partial charge in [0.15, 0.2) is 11.6 Å². The molecule has 1 N–H and O–H groups in total. The number of nitrogens with zero attached hydrogens (tertiary/aromatic N) is 2. The monoisotopic (exact) mass is 545 g/mol. The lowest BCUT2D eigenvalue weighted by molar-refractivity contribution is -0.138. The quantitative estimate of drug-likeness (QED) is 0.223. The lowest BCUT2D eigenvalue weighted by atomic mass is 9.96. The Balaban J connectivity index is 1.64. The minimum absolute atomic E-state index is 0.0519. The fraction of sp³-hybridized carbons (Fsp3) is 0.107. The Morgan fingerprint density at radius 1 is 0.895 bits per heavy atom. The van der Waals surface area contributed by atoms with Crippen LogP contribution < -0.4 is 5.32 Å². The van der Waals surface area contributed by atoms with Crippen molar-refractivity contribution in [1.82, 2.24) is 9.38 Å². The molecule has 0 saturated carbocycles. The summed E-state index contributed by atoms with van der Waals surface area (Å²) in [5.74, 6) is -2.61. The third-order valence-corrected chi connectivity index (χ3v) is 6.43. The van der Waals surface area contributed by atoms with Crippen molar-refractivity contribution < 1.29 is 26.3 Å². The second-order valence-electron chi connectivity index (χ2n) is 8.64. The first-order valence-corrected chi connectivity index (χ1v) is 11.8. The maximum absolute atomic E-state index is 14.5. The molecule has 2 heterocycles. The van der Waals surface area contributed by atoms with Crippen molar-refractivity contribution in [1.29, 1.82) is 0 Å². The average Bonchev–Trinajstić information content (AvgIpc) is 3.22. The fourth-order valence-corrected chi connectivity index (χ4v) is 4.68. The van der Waals surface area contributed by atoms with Gasteiger partial charge in [-0.1, -0.05) is 18.2 Å². The second-order valence-corrected chi connectivity index (χ2v) is 8.97. The Morgan fingerprint density at radius 3 is 2.32 bits per heavy atom. The van der Waals surface area contributed by atoms with Crippen LogP contribution in [0.1, 0.15) is 24.1 Å². The highest BCUT2D eigenvalue weighted by molar-refractivity contribution is 6.29. The largest absolute Gasteiger partial charge is 0.416 e. The summed E-state index contributed by atoms with van der Waals surface area (Å²) in [6.07, 6.45) is -4.63. The van der Waals surface area contributed by atoms with E-state index in [4.69, 9.17) is 11.6 Å². The summed E-state index contributed by atoms with van der Waals surface area (Å²) in [5.41, 5.74) is 0.668. The third kappa shape index (κ3) is 4.69. The molecule has 38 heavy (non-hydrogen) atoms. The van der Waals surface area contributed by atoms with E-state index >= 15 is 0 Å². The summed E-state index contributed by atoms with van der Waals surface area (Å²) in [7, 11) is 0. The molecule has 2 aromatic heterocycles. The number of pyridine rings is 1. The van der Waals surface area contributed by atoms with Crippen LogP contribution in [0.2, 0.25) is 5.28 Å². The molecule has 3 nitrogen and oxygen atoms in total. The van der Waals surface area contributed by atoms with E-state index in [2.05, 4.69) is 10.3 Å². The van der Waals surface area contributed by atoms with Gasteiger partial charge in [0.1, 0.15) is 11.5 Å². The van der Waals surface area contributed by atoms with Crippen molar-refractivity contribution in [2.75, 3.05) is 5.32 Å². The standard InChI is InChI=1S/C28H18ClF6N3/c1-15(36-18-11-9-17(30)10-12-18)20-14-16(8-13-21(20)28(33,34)35)23-6-3-7-24-26(37-27(29)38(23)24)19-4-2-5-22(31)25(19)32/h2-15,36H,1H3. The van der Waals surface area contributed by atoms with E-state index in [1.54, 1.807) is 25.1 Å². The third-order valence-electron chi connectivity index (χ3n) is 6.17. The topological polar surface area (TPSA) is 29.3 Å². The number of imidazole rings is 1. The Bertz CT molecular complexity index is 1640. The average molecular weight is 546 g/mol. The Labute approximate surface area is 218 Å². The minimum atomic E-state index is -4.63. The number of hydrogen-bond acceptors (Lipinski definition) is 2.